The smallest absolute Gasteiger partial charge is 0.328 e. The average molecular weight is 201 g/mol. The molecule has 6 heteroatoms. The molecule has 0 aliphatic carbocycles. The number of hydrogen-bond donors (Lipinski definition) is 0. The molecule has 2 aromatic heterocycles. The zero-order valence-electron chi connectivity index (χ0n) is 14.1. The maximum absolute atomic E-state index is 12.2. The van der Waals surface area contributed by atoms with E-state index in [4.69, 9.17) is 9.60 Å². The van der Waals surface area contributed by atoms with Crippen LogP contribution in [0, 0.1) is 0 Å². The van der Waals surface area contributed by atoms with Gasteiger partial charge in [-0.1, -0.05) is 0 Å². The number of aryl methyl sites for hydroxylation is 2. The monoisotopic (exact) mass is 201 g/mol. The summed E-state index contributed by atoms with van der Waals surface area (Å²) < 4.78 is 52.2. The van der Waals surface area contributed by atoms with Gasteiger partial charge >= 0.3 is 5.69 Å². The Morgan fingerprint density at radius 3 is 2.86 bits per heavy atom. The van der Waals surface area contributed by atoms with Crippen molar-refractivity contribution in [2.75, 3.05) is 0 Å². The first kappa shape index (κ1) is 3.72. The van der Waals surface area contributed by atoms with Gasteiger partial charge in [0, 0.05) is 29.2 Å². The van der Waals surface area contributed by atoms with E-state index in [-0.39, 0.29) is 10.2 Å². The molecule has 0 aliphatic rings. The zero-order valence-corrected chi connectivity index (χ0v) is 7.11. The Balaban J connectivity index is 3.16. The normalized spacial score (nSPS) is 20.2. The molecule has 0 saturated carbocycles. The van der Waals surface area contributed by atoms with Crippen molar-refractivity contribution in [3.8, 4) is 0 Å². The highest BCUT2D eigenvalue weighted by Gasteiger charge is 2.11. The fraction of sp³-hybridized carbons (Fsp3) is 0.375. The lowest BCUT2D eigenvalue weighted by Gasteiger charge is -2.02. The van der Waals surface area contributed by atoms with Crippen molar-refractivity contribution in [1.29, 1.82) is 0 Å². The topological polar surface area (TPSA) is 61.8 Å². The predicted octanol–water partition coefficient (Wildman–Crippen LogP) is -1.03. The molecular formula is C8H10N4O2. The first-order valence-corrected chi connectivity index (χ1v) is 3.59. The van der Waals surface area contributed by atoms with Crippen LogP contribution >= 0.6 is 0 Å². The van der Waals surface area contributed by atoms with Crippen LogP contribution in [0.2, 0.25) is 0 Å². The largest absolute Gasteiger partial charge is 0.332 e. The fourth-order valence-corrected chi connectivity index (χ4v) is 1.16. The van der Waals surface area contributed by atoms with Crippen molar-refractivity contribution in [3.63, 3.8) is 0 Å². The van der Waals surface area contributed by atoms with Crippen molar-refractivity contribution in [2.24, 2.45) is 21.0 Å². The minimum Gasteiger partial charge on any atom is -0.328 e. The molecule has 0 fully saturated rings. The Bertz CT molecular complexity index is 838. The molecule has 0 bridgehead atoms. The second kappa shape index (κ2) is 2.57. The second-order valence-electron chi connectivity index (χ2n) is 2.70. The SMILES string of the molecule is [2H]c1nc2c(c(=O)n(C([2H])([2H])[2H])c(=O)n2C)n1C([2H])([2H])[2H]. The van der Waals surface area contributed by atoms with E-state index in [0.29, 0.717) is 4.57 Å². The molecule has 0 N–H and O–H groups in total. The van der Waals surface area contributed by atoms with E-state index in [0.717, 1.165) is 11.6 Å². The lowest BCUT2D eigenvalue weighted by atomic mass is 10.5. The molecular weight excluding hydrogens is 184 g/mol. The van der Waals surface area contributed by atoms with E-state index in [1.54, 1.807) is 0 Å². The molecule has 0 aromatic carbocycles. The predicted molar refractivity (Wildman–Crippen MR) is 51.2 cm³/mol. The summed E-state index contributed by atoms with van der Waals surface area (Å²) in [4.78, 5) is 27.7. The van der Waals surface area contributed by atoms with Crippen molar-refractivity contribution in [2.45, 2.75) is 0 Å². The van der Waals surface area contributed by atoms with Crippen LogP contribution in [0.4, 0.5) is 0 Å². The van der Waals surface area contributed by atoms with E-state index in [1.807, 2.05) is 0 Å². The van der Waals surface area contributed by atoms with Crippen LogP contribution in [0.15, 0.2) is 15.9 Å². The van der Waals surface area contributed by atoms with Crippen molar-refractivity contribution in [3.05, 3.63) is 27.1 Å². The van der Waals surface area contributed by atoms with Gasteiger partial charge in [0.2, 0.25) is 0 Å². The number of nitrogens with zero attached hydrogens (tertiary/aromatic N) is 4. The summed E-state index contributed by atoms with van der Waals surface area (Å²) >= 11 is 0. The number of hydrogen-bond acceptors (Lipinski definition) is 3. The van der Waals surface area contributed by atoms with Crippen LogP contribution in [0.25, 0.3) is 11.2 Å². The van der Waals surface area contributed by atoms with Gasteiger partial charge in [-0.25, -0.2) is 9.78 Å². The van der Waals surface area contributed by atoms with Crippen molar-refractivity contribution >= 4 is 11.2 Å². The molecule has 0 aliphatic heterocycles. The Kier molecular flexibility index (Phi) is 0.682. The number of rotatable bonds is 0. The molecule has 0 atom stereocenters. The third-order valence-corrected chi connectivity index (χ3v) is 1.89. The van der Waals surface area contributed by atoms with Crippen LogP contribution in [-0.4, -0.2) is 18.7 Å². The van der Waals surface area contributed by atoms with Gasteiger partial charge in [-0.15, -0.1) is 0 Å². The van der Waals surface area contributed by atoms with Gasteiger partial charge in [-0.3, -0.25) is 13.9 Å². The number of fused-ring (bicyclic) bond motifs is 1. The van der Waals surface area contributed by atoms with Crippen LogP contribution in [0.5, 0.6) is 0 Å². The van der Waals surface area contributed by atoms with E-state index >= 15 is 0 Å². The minimum atomic E-state index is -3.08. The molecule has 6 nitrogen and oxygen atoms in total. The van der Waals surface area contributed by atoms with Crippen LogP contribution in [0.1, 0.15) is 9.60 Å². The fourth-order valence-electron chi connectivity index (χ4n) is 1.16. The van der Waals surface area contributed by atoms with Crippen molar-refractivity contribution in [1.82, 2.24) is 18.7 Å². The summed E-state index contributed by atoms with van der Waals surface area (Å²) in [7, 11) is 1.14. The molecule has 2 aromatic rings. The quantitative estimate of drug-likeness (QED) is 0.547. The molecule has 0 unspecified atom stereocenters. The van der Waals surface area contributed by atoms with E-state index in [9.17, 15) is 9.59 Å². The molecule has 0 amide bonds. The van der Waals surface area contributed by atoms with Gasteiger partial charge in [0.15, 0.2) is 11.2 Å². The molecule has 0 spiro atoms. The molecule has 74 valence electrons. The standard InChI is InChI=1S/C8H10N4O2/c1-10-4-9-6-5(10)7(13)12(3)8(14)11(6)2/h4H,1-3H3/i1D3,3D3,4D. The lowest BCUT2D eigenvalue weighted by Crippen LogP contribution is -2.37. The summed E-state index contributed by atoms with van der Waals surface area (Å²) in [6, 6.07) is 0. The van der Waals surface area contributed by atoms with Gasteiger partial charge in [0.1, 0.15) is 1.37 Å². The molecule has 2 heterocycles. The molecule has 0 radical (unpaired) electrons. The Labute approximate surface area is 88.9 Å². The summed E-state index contributed by atoms with van der Waals surface area (Å²) in [6.07, 6.45) is -0.764. The Hall–Kier alpha value is -1.85. The van der Waals surface area contributed by atoms with Gasteiger partial charge in [0.25, 0.3) is 5.56 Å². The van der Waals surface area contributed by atoms with E-state index in [1.165, 1.54) is 0 Å². The van der Waals surface area contributed by atoms with E-state index in [2.05, 4.69) is 4.98 Å². The molecule has 0 saturated heterocycles. The highest BCUT2D eigenvalue weighted by Crippen LogP contribution is 2.01. The number of imidazole rings is 1. The van der Waals surface area contributed by atoms with Crippen molar-refractivity contribution < 1.29 is 9.60 Å². The van der Waals surface area contributed by atoms with Crippen LogP contribution in [0.3, 0.4) is 0 Å². The third kappa shape index (κ3) is 0.876. The average Bonchev–Trinajstić information content (AvgIpc) is 2.62. The first-order valence-electron chi connectivity index (χ1n) is 7.09. The van der Waals surface area contributed by atoms with Crippen LogP contribution in [-0.2, 0) is 21.0 Å². The minimum absolute atomic E-state index is 0.0291. The third-order valence-electron chi connectivity index (χ3n) is 1.89. The van der Waals surface area contributed by atoms with Gasteiger partial charge in [0.05, 0.1) is 6.30 Å². The van der Waals surface area contributed by atoms with Crippen LogP contribution < -0.4 is 11.2 Å². The molecule has 2 rings (SSSR count). The zero-order chi connectivity index (χ0) is 16.3. The molecule has 14 heavy (non-hydrogen) atoms. The Morgan fingerprint density at radius 1 is 1.43 bits per heavy atom. The summed E-state index contributed by atoms with van der Waals surface area (Å²) in [6.45, 7) is -5.99. The van der Waals surface area contributed by atoms with E-state index < -0.39 is 37.0 Å². The highest BCUT2D eigenvalue weighted by molar-refractivity contribution is 5.69. The summed E-state index contributed by atoms with van der Waals surface area (Å²) in [5, 5.41) is 0. The van der Waals surface area contributed by atoms with Gasteiger partial charge in [-0.05, 0) is 0 Å². The highest BCUT2D eigenvalue weighted by atomic mass is 16.2. The number of aromatic nitrogens is 4. The van der Waals surface area contributed by atoms with Gasteiger partial charge < -0.3 is 4.57 Å². The second-order valence-corrected chi connectivity index (χ2v) is 2.70. The summed E-state index contributed by atoms with van der Waals surface area (Å²) in [5.74, 6) is 0. The first-order chi connectivity index (χ1) is 9.37. The maximum Gasteiger partial charge on any atom is 0.332 e. The van der Waals surface area contributed by atoms with Gasteiger partial charge in [-0.2, -0.15) is 0 Å². The maximum atomic E-state index is 12.2. The lowest BCUT2D eigenvalue weighted by molar-refractivity contribution is 0.705. The Morgan fingerprint density at radius 2 is 2.21 bits per heavy atom. The summed E-state index contributed by atoms with van der Waals surface area (Å²) in [5.41, 5.74) is -3.47.